The van der Waals surface area contributed by atoms with Gasteiger partial charge in [0.05, 0.1) is 4.90 Å². The Kier molecular flexibility index (Phi) is 7.55. The Morgan fingerprint density at radius 1 is 1.08 bits per heavy atom. The van der Waals surface area contributed by atoms with E-state index in [-0.39, 0.29) is 11.4 Å². The van der Waals surface area contributed by atoms with Crippen molar-refractivity contribution in [3.05, 3.63) is 29.8 Å². The lowest BCUT2D eigenvalue weighted by Crippen LogP contribution is -2.40. The highest BCUT2D eigenvalue weighted by atomic mass is 32.2. The van der Waals surface area contributed by atoms with E-state index >= 15 is 0 Å². The van der Waals surface area contributed by atoms with Gasteiger partial charge in [0, 0.05) is 39.9 Å². The van der Waals surface area contributed by atoms with Crippen LogP contribution in [0.5, 0.6) is 0 Å². The van der Waals surface area contributed by atoms with E-state index < -0.39 is 21.8 Å². The molecule has 1 aromatic rings. The number of ether oxygens (including phenoxy) is 1. The SMILES string of the molecule is COCCCNC(=O)C(=O)NCc1ccc(S(=O)(=O)N2CCCC2)cc1. The molecule has 0 radical (unpaired) electrons. The number of sulfonamides is 1. The molecule has 2 amide bonds. The first-order valence-corrected chi connectivity index (χ1v) is 10.0. The summed E-state index contributed by atoms with van der Waals surface area (Å²) in [5.41, 5.74) is 0.714. The van der Waals surface area contributed by atoms with Gasteiger partial charge in [-0.15, -0.1) is 0 Å². The number of carbonyl (C=O) groups is 2. The van der Waals surface area contributed by atoms with Gasteiger partial charge in [0.15, 0.2) is 0 Å². The minimum Gasteiger partial charge on any atom is -0.385 e. The van der Waals surface area contributed by atoms with E-state index in [1.165, 1.54) is 16.4 Å². The zero-order valence-corrected chi connectivity index (χ0v) is 15.7. The second-order valence-electron chi connectivity index (χ2n) is 6.04. The second kappa shape index (κ2) is 9.65. The monoisotopic (exact) mass is 383 g/mol. The molecule has 0 aromatic heterocycles. The average molecular weight is 383 g/mol. The van der Waals surface area contributed by atoms with E-state index in [1.807, 2.05) is 0 Å². The number of amides is 2. The predicted molar refractivity (Wildman–Crippen MR) is 95.8 cm³/mol. The summed E-state index contributed by atoms with van der Waals surface area (Å²) < 4.78 is 31.2. The number of carbonyl (C=O) groups excluding carboxylic acids is 2. The fourth-order valence-electron chi connectivity index (χ4n) is 2.62. The maximum Gasteiger partial charge on any atom is 0.309 e. The zero-order valence-electron chi connectivity index (χ0n) is 14.9. The van der Waals surface area contributed by atoms with E-state index in [2.05, 4.69) is 10.6 Å². The molecule has 1 heterocycles. The van der Waals surface area contributed by atoms with Crippen molar-refractivity contribution < 1.29 is 22.7 Å². The zero-order chi connectivity index (χ0) is 19.0. The summed E-state index contributed by atoms with van der Waals surface area (Å²) in [5.74, 6) is -1.43. The van der Waals surface area contributed by atoms with Crippen molar-refractivity contribution >= 4 is 21.8 Å². The Balaban J connectivity index is 1.83. The molecule has 0 aliphatic carbocycles. The van der Waals surface area contributed by atoms with Gasteiger partial charge in [0.2, 0.25) is 10.0 Å². The first kappa shape index (κ1) is 20.3. The lowest BCUT2D eigenvalue weighted by molar-refractivity contribution is -0.139. The van der Waals surface area contributed by atoms with Gasteiger partial charge in [-0.2, -0.15) is 4.31 Å². The predicted octanol–water partition coefficient (Wildman–Crippen LogP) is 0.240. The molecule has 1 saturated heterocycles. The van der Waals surface area contributed by atoms with Crippen LogP contribution in [0.15, 0.2) is 29.2 Å². The highest BCUT2D eigenvalue weighted by Gasteiger charge is 2.26. The fourth-order valence-corrected chi connectivity index (χ4v) is 4.14. The van der Waals surface area contributed by atoms with Gasteiger partial charge < -0.3 is 15.4 Å². The maximum atomic E-state index is 12.4. The molecular formula is C17H25N3O5S. The minimum atomic E-state index is -3.44. The molecule has 26 heavy (non-hydrogen) atoms. The molecule has 0 unspecified atom stereocenters. The molecule has 1 aliphatic heterocycles. The smallest absolute Gasteiger partial charge is 0.309 e. The van der Waals surface area contributed by atoms with Crippen LogP contribution < -0.4 is 10.6 Å². The van der Waals surface area contributed by atoms with Crippen molar-refractivity contribution in [3.63, 3.8) is 0 Å². The highest BCUT2D eigenvalue weighted by Crippen LogP contribution is 2.20. The Labute approximate surface area is 153 Å². The van der Waals surface area contributed by atoms with Crippen molar-refractivity contribution in [1.82, 2.24) is 14.9 Å². The van der Waals surface area contributed by atoms with Gasteiger partial charge >= 0.3 is 11.8 Å². The topological polar surface area (TPSA) is 105 Å². The largest absolute Gasteiger partial charge is 0.385 e. The lowest BCUT2D eigenvalue weighted by Gasteiger charge is -2.15. The number of hydrogen-bond acceptors (Lipinski definition) is 5. The molecule has 1 fully saturated rings. The fraction of sp³-hybridized carbons (Fsp3) is 0.529. The summed E-state index contributed by atoms with van der Waals surface area (Å²) in [6.45, 7) is 2.13. The maximum absolute atomic E-state index is 12.4. The third-order valence-corrected chi connectivity index (χ3v) is 6.01. The van der Waals surface area contributed by atoms with Crippen molar-refractivity contribution in [1.29, 1.82) is 0 Å². The Morgan fingerprint density at radius 3 is 2.31 bits per heavy atom. The van der Waals surface area contributed by atoms with Crippen LogP contribution in [0, 0.1) is 0 Å². The number of rotatable bonds is 8. The molecular weight excluding hydrogens is 358 g/mol. The molecule has 8 nitrogen and oxygen atoms in total. The summed E-state index contributed by atoms with van der Waals surface area (Å²) >= 11 is 0. The average Bonchev–Trinajstić information content (AvgIpc) is 3.19. The van der Waals surface area contributed by atoms with E-state index in [9.17, 15) is 18.0 Å². The number of hydrogen-bond donors (Lipinski definition) is 2. The van der Waals surface area contributed by atoms with Gasteiger partial charge in [-0.05, 0) is 37.0 Å². The van der Waals surface area contributed by atoms with Crippen LogP contribution in [0.1, 0.15) is 24.8 Å². The molecule has 1 aromatic carbocycles. The van der Waals surface area contributed by atoms with Crippen molar-refractivity contribution in [2.45, 2.75) is 30.7 Å². The molecule has 144 valence electrons. The third-order valence-electron chi connectivity index (χ3n) is 4.10. The van der Waals surface area contributed by atoms with Crippen molar-refractivity contribution in [3.8, 4) is 0 Å². The first-order valence-electron chi connectivity index (χ1n) is 8.59. The summed E-state index contributed by atoms with van der Waals surface area (Å²) in [6.07, 6.45) is 2.40. The van der Waals surface area contributed by atoms with Crippen LogP contribution in [-0.2, 0) is 30.9 Å². The standard InChI is InChI=1S/C17H25N3O5S/c1-25-12-4-9-18-16(21)17(22)19-13-14-5-7-15(8-6-14)26(23,24)20-10-2-3-11-20/h5-8H,2-4,9-13H2,1H3,(H,18,21)(H,19,22). The number of nitrogens with zero attached hydrogens (tertiary/aromatic N) is 1. The van der Waals surface area contributed by atoms with E-state index in [0.29, 0.717) is 38.2 Å². The van der Waals surface area contributed by atoms with Crippen LogP contribution in [0.2, 0.25) is 0 Å². The molecule has 1 aliphatic rings. The Bertz CT molecular complexity index is 712. The molecule has 2 N–H and O–H groups in total. The van der Waals surface area contributed by atoms with Crippen LogP contribution in [0.4, 0.5) is 0 Å². The molecule has 0 atom stereocenters. The quantitative estimate of drug-likeness (QED) is 0.494. The Morgan fingerprint density at radius 2 is 1.69 bits per heavy atom. The number of methoxy groups -OCH3 is 1. The van der Waals surface area contributed by atoms with Gasteiger partial charge in [-0.1, -0.05) is 12.1 Å². The van der Waals surface area contributed by atoms with Crippen LogP contribution in [-0.4, -0.2) is 57.9 Å². The number of nitrogens with one attached hydrogen (secondary N) is 2. The molecule has 0 bridgehead atoms. The minimum absolute atomic E-state index is 0.147. The van der Waals surface area contributed by atoms with Crippen molar-refractivity contribution in [2.24, 2.45) is 0 Å². The number of benzene rings is 1. The van der Waals surface area contributed by atoms with Gasteiger partial charge in [-0.25, -0.2) is 8.42 Å². The summed E-state index contributed by atoms with van der Waals surface area (Å²) in [7, 11) is -1.88. The summed E-state index contributed by atoms with van der Waals surface area (Å²) in [5, 5.41) is 5.01. The second-order valence-corrected chi connectivity index (χ2v) is 7.98. The first-order chi connectivity index (χ1) is 12.4. The van der Waals surface area contributed by atoms with E-state index in [4.69, 9.17) is 4.74 Å². The van der Waals surface area contributed by atoms with Crippen LogP contribution in [0.3, 0.4) is 0 Å². The third kappa shape index (κ3) is 5.52. The molecule has 9 heteroatoms. The molecule has 0 spiro atoms. The Hall–Kier alpha value is -1.97. The lowest BCUT2D eigenvalue weighted by atomic mass is 10.2. The molecule has 2 rings (SSSR count). The highest BCUT2D eigenvalue weighted by molar-refractivity contribution is 7.89. The van der Waals surface area contributed by atoms with E-state index in [1.54, 1.807) is 19.2 Å². The van der Waals surface area contributed by atoms with E-state index in [0.717, 1.165) is 12.8 Å². The van der Waals surface area contributed by atoms with Crippen molar-refractivity contribution in [2.75, 3.05) is 33.4 Å². The van der Waals surface area contributed by atoms with Gasteiger partial charge in [0.1, 0.15) is 0 Å². The van der Waals surface area contributed by atoms with Gasteiger partial charge in [0.25, 0.3) is 0 Å². The summed E-state index contributed by atoms with van der Waals surface area (Å²) in [6, 6.07) is 6.33. The van der Waals surface area contributed by atoms with Gasteiger partial charge in [-0.3, -0.25) is 9.59 Å². The van der Waals surface area contributed by atoms with Crippen LogP contribution in [0.25, 0.3) is 0 Å². The summed E-state index contributed by atoms with van der Waals surface area (Å²) in [4.78, 5) is 23.6. The normalized spacial score (nSPS) is 15.0. The molecule has 0 saturated carbocycles. The van der Waals surface area contributed by atoms with Crippen LogP contribution >= 0.6 is 0 Å².